The third-order valence-corrected chi connectivity index (χ3v) is 6.26. The summed E-state index contributed by atoms with van der Waals surface area (Å²) >= 11 is 0. The number of benzene rings is 3. The Morgan fingerprint density at radius 3 is 2.46 bits per heavy atom. The SMILES string of the molecule is C=CC(O)Nc1cc(Nc2ncnc(-c3ccc4ccc(OC)cc4c3)n2)c(OC)cc1N(C)CCN(C)C. The number of aromatic nitrogens is 3. The molecule has 4 rings (SSSR count). The fourth-order valence-corrected chi connectivity index (χ4v) is 4.06. The van der Waals surface area contributed by atoms with Crippen LogP contribution in [-0.2, 0) is 0 Å². The molecule has 0 fully saturated rings. The molecule has 0 spiro atoms. The van der Waals surface area contributed by atoms with Crippen molar-refractivity contribution in [3.8, 4) is 22.9 Å². The molecule has 0 bridgehead atoms. The number of ether oxygens (including phenoxy) is 2. The van der Waals surface area contributed by atoms with Gasteiger partial charge in [-0.25, -0.2) is 9.97 Å². The van der Waals surface area contributed by atoms with Gasteiger partial charge in [-0.15, -0.1) is 0 Å². The van der Waals surface area contributed by atoms with E-state index in [2.05, 4.69) is 42.0 Å². The van der Waals surface area contributed by atoms with Gasteiger partial charge in [0, 0.05) is 31.8 Å². The molecule has 10 heteroatoms. The van der Waals surface area contributed by atoms with Gasteiger partial charge in [-0.2, -0.15) is 4.98 Å². The van der Waals surface area contributed by atoms with Crippen molar-refractivity contribution >= 4 is 33.8 Å². The highest BCUT2D eigenvalue weighted by atomic mass is 16.5. The molecule has 204 valence electrons. The molecule has 10 nitrogen and oxygen atoms in total. The number of aliphatic hydroxyl groups is 1. The standard InChI is InChI=1S/C29H35N7O3/c1-7-27(37)32-23-16-24(26(39-6)17-25(23)36(4)13-12-35(2)3)33-29-31-18-30-28(34-29)20-9-8-19-10-11-22(38-5)15-21(19)14-20/h7-11,14-18,27,32,37H,1,12-13H2,2-6H3,(H,30,31,33,34). The number of methoxy groups -OCH3 is 2. The first kappa shape index (κ1) is 27.6. The predicted molar refractivity (Wildman–Crippen MR) is 157 cm³/mol. The second-order valence-electron chi connectivity index (χ2n) is 9.30. The molecule has 1 atom stereocenters. The van der Waals surface area contributed by atoms with E-state index < -0.39 is 6.23 Å². The molecule has 39 heavy (non-hydrogen) atoms. The van der Waals surface area contributed by atoms with E-state index in [1.165, 1.54) is 12.4 Å². The number of anilines is 4. The second kappa shape index (κ2) is 12.4. The van der Waals surface area contributed by atoms with Gasteiger partial charge in [0.1, 0.15) is 24.1 Å². The zero-order valence-electron chi connectivity index (χ0n) is 23.0. The van der Waals surface area contributed by atoms with Gasteiger partial charge in [0.05, 0.1) is 31.3 Å². The lowest BCUT2D eigenvalue weighted by Gasteiger charge is -2.27. The topological polar surface area (TPSA) is 108 Å². The molecular weight excluding hydrogens is 494 g/mol. The average Bonchev–Trinajstić information content (AvgIpc) is 2.95. The van der Waals surface area contributed by atoms with Crippen LogP contribution in [0.4, 0.5) is 23.0 Å². The Morgan fingerprint density at radius 2 is 1.74 bits per heavy atom. The van der Waals surface area contributed by atoms with E-state index in [9.17, 15) is 5.11 Å². The van der Waals surface area contributed by atoms with Crippen LogP contribution in [0.25, 0.3) is 22.2 Å². The van der Waals surface area contributed by atoms with Crippen LogP contribution in [0.1, 0.15) is 0 Å². The maximum Gasteiger partial charge on any atom is 0.230 e. The van der Waals surface area contributed by atoms with Crippen LogP contribution in [0, 0.1) is 0 Å². The first-order valence-electron chi connectivity index (χ1n) is 12.5. The van der Waals surface area contributed by atoms with Crippen LogP contribution in [0.3, 0.4) is 0 Å². The summed E-state index contributed by atoms with van der Waals surface area (Å²) in [7, 11) is 9.31. The van der Waals surface area contributed by atoms with E-state index in [4.69, 9.17) is 9.47 Å². The number of hydrogen-bond acceptors (Lipinski definition) is 10. The fourth-order valence-electron chi connectivity index (χ4n) is 4.06. The zero-order chi connectivity index (χ0) is 27.9. The molecule has 0 radical (unpaired) electrons. The Kier molecular flexibility index (Phi) is 8.80. The third kappa shape index (κ3) is 6.73. The summed E-state index contributed by atoms with van der Waals surface area (Å²) in [5.74, 6) is 2.26. The summed E-state index contributed by atoms with van der Waals surface area (Å²) in [6.07, 6.45) is 1.97. The molecule has 0 aliphatic rings. The minimum Gasteiger partial charge on any atom is -0.497 e. The summed E-state index contributed by atoms with van der Waals surface area (Å²) < 4.78 is 11.1. The number of nitrogens with one attached hydrogen (secondary N) is 2. The average molecular weight is 530 g/mol. The largest absolute Gasteiger partial charge is 0.497 e. The van der Waals surface area contributed by atoms with Crippen molar-refractivity contribution in [1.29, 1.82) is 0 Å². The van der Waals surface area contributed by atoms with Crippen molar-refractivity contribution in [2.24, 2.45) is 0 Å². The molecule has 0 aliphatic heterocycles. The van der Waals surface area contributed by atoms with Gasteiger partial charge < -0.3 is 35.0 Å². The highest BCUT2D eigenvalue weighted by molar-refractivity contribution is 5.87. The molecule has 0 aliphatic carbocycles. The van der Waals surface area contributed by atoms with Crippen LogP contribution >= 0.6 is 0 Å². The summed E-state index contributed by atoms with van der Waals surface area (Å²) in [6.45, 7) is 5.31. The first-order valence-corrected chi connectivity index (χ1v) is 12.5. The Morgan fingerprint density at radius 1 is 0.949 bits per heavy atom. The van der Waals surface area contributed by atoms with Crippen LogP contribution in [0.5, 0.6) is 11.5 Å². The van der Waals surface area contributed by atoms with Crippen molar-refractivity contribution in [1.82, 2.24) is 19.9 Å². The number of nitrogens with zero attached hydrogens (tertiary/aromatic N) is 5. The Labute approximate surface area is 228 Å². The molecule has 1 aromatic heterocycles. The lowest BCUT2D eigenvalue weighted by atomic mass is 10.1. The fraction of sp³-hybridized carbons (Fsp3) is 0.276. The van der Waals surface area contributed by atoms with Gasteiger partial charge in [-0.3, -0.25) is 0 Å². The molecule has 1 unspecified atom stereocenters. The number of hydrogen-bond donors (Lipinski definition) is 3. The van der Waals surface area contributed by atoms with Crippen molar-refractivity contribution < 1.29 is 14.6 Å². The van der Waals surface area contributed by atoms with E-state index in [0.29, 0.717) is 28.9 Å². The van der Waals surface area contributed by atoms with Gasteiger partial charge in [0.2, 0.25) is 5.95 Å². The van der Waals surface area contributed by atoms with Gasteiger partial charge in [-0.05, 0) is 55.2 Å². The number of aliphatic hydroxyl groups excluding tert-OH is 1. The molecule has 0 saturated carbocycles. The van der Waals surface area contributed by atoms with Crippen molar-refractivity contribution in [2.75, 3.05) is 64.0 Å². The van der Waals surface area contributed by atoms with Gasteiger partial charge in [0.15, 0.2) is 5.82 Å². The Bertz CT molecular complexity index is 1440. The normalized spacial score (nSPS) is 11.8. The monoisotopic (exact) mass is 529 g/mol. The highest BCUT2D eigenvalue weighted by Gasteiger charge is 2.17. The molecule has 0 amide bonds. The van der Waals surface area contributed by atoms with E-state index in [1.807, 2.05) is 69.7 Å². The van der Waals surface area contributed by atoms with E-state index >= 15 is 0 Å². The first-order chi connectivity index (χ1) is 18.8. The van der Waals surface area contributed by atoms with Crippen molar-refractivity contribution in [3.63, 3.8) is 0 Å². The molecule has 4 aromatic rings. The van der Waals surface area contributed by atoms with E-state index in [-0.39, 0.29) is 0 Å². The minimum absolute atomic E-state index is 0.355. The molecule has 1 heterocycles. The molecule has 0 saturated heterocycles. The maximum atomic E-state index is 10.3. The Hall–Kier alpha value is -4.41. The van der Waals surface area contributed by atoms with Crippen LogP contribution in [0.2, 0.25) is 0 Å². The molecule has 3 aromatic carbocycles. The van der Waals surface area contributed by atoms with E-state index in [0.717, 1.165) is 40.9 Å². The summed E-state index contributed by atoms with van der Waals surface area (Å²) in [5.41, 5.74) is 3.04. The number of rotatable bonds is 12. The summed E-state index contributed by atoms with van der Waals surface area (Å²) in [5, 5.41) is 18.7. The minimum atomic E-state index is -0.928. The van der Waals surface area contributed by atoms with Crippen molar-refractivity contribution in [3.05, 3.63) is 67.5 Å². The van der Waals surface area contributed by atoms with Crippen LogP contribution in [-0.4, -0.2) is 79.6 Å². The Balaban J connectivity index is 1.67. The van der Waals surface area contributed by atoms with Crippen molar-refractivity contribution in [2.45, 2.75) is 6.23 Å². The predicted octanol–water partition coefficient (Wildman–Crippen LogP) is 4.37. The number of fused-ring (bicyclic) bond motifs is 1. The zero-order valence-corrected chi connectivity index (χ0v) is 23.0. The number of likely N-dealkylation sites (N-methyl/N-ethyl adjacent to an activating group) is 2. The summed E-state index contributed by atoms with van der Waals surface area (Å²) in [4.78, 5) is 17.6. The lowest BCUT2D eigenvalue weighted by Crippen LogP contribution is -2.29. The smallest absolute Gasteiger partial charge is 0.230 e. The van der Waals surface area contributed by atoms with Crippen LogP contribution < -0.4 is 25.0 Å². The van der Waals surface area contributed by atoms with Gasteiger partial charge in [-0.1, -0.05) is 24.8 Å². The molecular formula is C29H35N7O3. The lowest BCUT2D eigenvalue weighted by molar-refractivity contribution is 0.253. The van der Waals surface area contributed by atoms with Crippen LogP contribution in [0.15, 0.2) is 67.5 Å². The molecule has 3 N–H and O–H groups in total. The maximum absolute atomic E-state index is 10.3. The highest BCUT2D eigenvalue weighted by Crippen LogP contribution is 2.38. The van der Waals surface area contributed by atoms with E-state index in [1.54, 1.807) is 14.2 Å². The van der Waals surface area contributed by atoms with Gasteiger partial charge >= 0.3 is 0 Å². The third-order valence-electron chi connectivity index (χ3n) is 6.26. The second-order valence-corrected chi connectivity index (χ2v) is 9.30. The summed E-state index contributed by atoms with van der Waals surface area (Å²) in [6, 6.07) is 15.7. The van der Waals surface area contributed by atoms with Gasteiger partial charge in [0.25, 0.3) is 0 Å². The quantitative estimate of drug-likeness (QED) is 0.181.